The molecule has 0 saturated heterocycles. The average Bonchev–Trinajstić information content (AvgIpc) is 2.38. The highest BCUT2D eigenvalue weighted by Gasteiger charge is 2.21. The van der Waals surface area contributed by atoms with Crippen molar-refractivity contribution >= 4 is 12.6 Å². The monoisotopic (exact) mass is 244 g/mol. The van der Waals surface area contributed by atoms with Crippen molar-refractivity contribution in [2.75, 3.05) is 0 Å². The molecule has 4 heteroatoms. The van der Waals surface area contributed by atoms with Gasteiger partial charge in [-0.2, -0.15) is 0 Å². The van der Waals surface area contributed by atoms with E-state index in [9.17, 15) is 14.4 Å². The molecule has 0 aromatic heterocycles. The van der Waals surface area contributed by atoms with E-state index in [1.165, 1.54) is 11.6 Å². The SMILES string of the molecule is CCc1ccc(-c2cccc(F)c2B(O)O)cc1. The van der Waals surface area contributed by atoms with Crippen molar-refractivity contribution in [1.29, 1.82) is 0 Å². The molecule has 2 nitrogen and oxygen atoms in total. The van der Waals surface area contributed by atoms with E-state index in [0.717, 1.165) is 12.0 Å². The van der Waals surface area contributed by atoms with E-state index >= 15 is 0 Å². The van der Waals surface area contributed by atoms with Crippen LogP contribution >= 0.6 is 0 Å². The minimum Gasteiger partial charge on any atom is -0.423 e. The molecule has 0 bridgehead atoms. The largest absolute Gasteiger partial charge is 0.492 e. The molecule has 0 aliphatic carbocycles. The molecule has 18 heavy (non-hydrogen) atoms. The molecule has 0 spiro atoms. The molecule has 0 amide bonds. The van der Waals surface area contributed by atoms with Crippen LogP contribution in [0.4, 0.5) is 4.39 Å². The van der Waals surface area contributed by atoms with Gasteiger partial charge in [0, 0.05) is 5.46 Å². The van der Waals surface area contributed by atoms with Gasteiger partial charge in [0.05, 0.1) is 0 Å². The maximum Gasteiger partial charge on any atom is 0.492 e. The van der Waals surface area contributed by atoms with Crippen molar-refractivity contribution in [1.82, 2.24) is 0 Å². The first kappa shape index (κ1) is 12.8. The van der Waals surface area contributed by atoms with Gasteiger partial charge in [0.15, 0.2) is 0 Å². The van der Waals surface area contributed by atoms with E-state index in [0.29, 0.717) is 5.56 Å². The third kappa shape index (κ3) is 2.45. The summed E-state index contributed by atoms with van der Waals surface area (Å²) in [7, 11) is -1.81. The summed E-state index contributed by atoms with van der Waals surface area (Å²) in [6.07, 6.45) is 0.929. The zero-order valence-electron chi connectivity index (χ0n) is 10.1. The predicted octanol–water partition coefficient (Wildman–Crippen LogP) is 1.73. The third-order valence-corrected chi connectivity index (χ3v) is 2.98. The van der Waals surface area contributed by atoms with E-state index in [4.69, 9.17) is 0 Å². The molecule has 2 rings (SSSR count). The van der Waals surface area contributed by atoms with Gasteiger partial charge >= 0.3 is 7.12 Å². The van der Waals surface area contributed by atoms with Crippen molar-refractivity contribution in [2.24, 2.45) is 0 Å². The molecule has 2 N–H and O–H groups in total. The Hall–Kier alpha value is -1.65. The molecule has 0 saturated carbocycles. The lowest BCUT2D eigenvalue weighted by atomic mass is 9.75. The van der Waals surface area contributed by atoms with E-state index in [2.05, 4.69) is 6.92 Å². The van der Waals surface area contributed by atoms with Gasteiger partial charge in [-0.05, 0) is 29.2 Å². The van der Waals surface area contributed by atoms with Crippen LogP contribution in [0.1, 0.15) is 12.5 Å². The fourth-order valence-corrected chi connectivity index (χ4v) is 1.97. The smallest absolute Gasteiger partial charge is 0.423 e. The number of halogens is 1. The number of rotatable bonds is 3. The van der Waals surface area contributed by atoms with Crippen LogP contribution < -0.4 is 5.46 Å². The Labute approximate surface area is 106 Å². The van der Waals surface area contributed by atoms with Gasteiger partial charge in [-0.3, -0.25) is 0 Å². The molecular formula is C14H14BFO2. The molecule has 92 valence electrons. The molecule has 0 heterocycles. The first-order valence-corrected chi connectivity index (χ1v) is 5.87. The van der Waals surface area contributed by atoms with Crippen molar-refractivity contribution in [3.05, 3.63) is 53.8 Å². The van der Waals surface area contributed by atoms with Crippen LogP contribution in [-0.2, 0) is 6.42 Å². The summed E-state index contributed by atoms with van der Waals surface area (Å²) < 4.78 is 13.6. The summed E-state index contributed by atoms with van der Waals surface area (Å²) in [4.78, 5) is 0. The standard InChI is InChI=1S/C14H14BFO2/c1-2-10-6-8-11(9-7-10)12-4-3-5-13(16)14(12)15(17)18/h3-9,17-18H,2H2,1H3. The summed E-state index contributed by atoms with van der Waals surface area (Å²) in [6.45, 7) is 2.06. The highest BCUT2D eigenvalue weighted by Crippen LogP contribution is 2.19. The van der Waals surface area contributed by atoms with Crippen molar-refractivity contribution < 1.29 is 14.4 Å². The van der Waals surface area contributed by atoms with Crippen LogP contribution in [0.5, 0.6) is 0 Å². The molecular weight excluding hydrogens is 230 g/mol. The molecule has 0 fully saturated rings. The van der Waals surface area contributed by atoms with E-state index in [1.807, 2.05) is 24.3 Å². The maximum absolute atomic E-state index is 13.6. The number of hydrogen-bond donors (Lipinski definition) is 2. The Bertz CT molecular complexity index is 538. The van der Waals surface area contributed by atoms with Gasteiger partial charge in [-0.25, -0.2) is 4.39 Å². The number of aryl methyl sites for hydroxylation is 1. The van der Waals surface area contributed by atoms with Crippen molar-refractivity contribution in [3.8, 4) is 11.1 Å². The van der Waals surface area contributed by atoms with E-state index < -0.39 is 12.9 Å². The van der Waals surface area contributed by atoms with Crippen molar-refractivity contribution in [2.45, 2.75) is 13.3 Å². The summed E-state index contributed by atoms with van der Waals surface area (Å²) in [5.41, 5.74) is 2.38. The Morgan fingerprint density at radius 3 is 2.28 bits per heavy atom. The molecule has 0 unspecified atom stereocenters. The predicted molar refractivity (Wildman–Crippen MR) is 71.0 cm³/mol. The summed E-state index contributed by atoms with van der Waals surface area (Å²) >= 11 is 0. The lowest BCUT2D eigenvalue weighted by Crippen LogP contribution is -2.34. The molecule has 0 aliphatic heterocycles. The fraction of sp³-hybridized carbons (Fsp3) is 0.143. The Kier molecular flexibility index (Phi) is 3.79. The molecule has 2 aromatic rings. The lowest BCUT2D eigenvalue weighted by Gasteiger charge is -2.10. The van der Waals surface area contributed by atoms with Gasteiger partial charge in [0.2, 0.25) is 0 Å². The normalized spacial score (nSPS) is 10.4. The Morgan fingerprint density at radius 1 is 1.06 bits per heavy atom. The number of hydrogen-bond acceptors (Lipinski definition) is 2. The van der Waals surface area contributed by atoms with Crippen LogP contribution in [0.15, 0.2) is 42.5 Å². The Balaban J connectivity index is 2.52. The second kappa shape index (κ2) is 5.33. The van der Waals surface area contributed by atoms with Gasteiger partial charge in [0.1, 0.15) is 5.82 Å². The molecule has 0 aliphatic rings. The van der Waals surface area contributed by atoms with E-state index in [-0.39, 0.29) is 5.46 Å². The number of benzene rings is 2. The second-order valence-electron chi connectivity index (χ2n) is 4.13. The zero-order chi connectivity index (χ0) is 13.1. The highest BCUT2D eigenvalue weighted by molar-refractivity contribution is 6.60. The molecule has 0 atom stereocenters. The van der Waals surface area contributed by atoms with Gasteiger partial charge in [-0.15, -0.1) is 0 Å². The summed E-state index contributed by atoms with van der Waals surface area (Å²) in [6, 6.07) is 12.1. The highest BCUT2D eigenvalue weighted by atomic mass is 19.1. The first-order chi connectivity index (χ1) is 8.63. The maximum atomic E-state index is 13.6. The van der Waals surface area contributed by atoms with Gasteiger partial charge in [0.25, 0.3) is 0 Å². The first-order valence-electron chi connectivity index (χ1n) is 5.87. The van der Waals surface area contributed by atoms with Crippen LogP contribution in [-0.4, -0.2) is 17.2 Å². The molecule has 0 radical (unpaired) electrons. The van der Waals surface area contributed by atoms with Crippen LogP contribution in [0.25, 0.3) is 11.1 Å². The summed E-state index contributed by atoms with van der Waals surface area (Å²) in [5, 5.41) is 18.5. The van der Waals surface area contributed by atoms with Crippen LogP contribution in [0, 0.1) is 5.82 Å². The quantitative estimate of drug-likeness (QED) is 0.807. The van der Waals surface area contributed by atoms with Gasteiger partial charge in [-0.1, -0.05) is 43.3 Å². The van der Waals surface area contributed by atoms with E-state index in [1.54, 1.807) is 12.1 Å². The van der Waals surface area contributed by atoms with Crippen LogP contribution in [0.3, 0.4) is 0 Å². The second-order valence-corrected chi connectivity index (χ2v) is 4.13. The summed E-state index contributed by atoms with van der Waals surface area (Å²) in [5.74, 6) is -0.609. The topological polar surface area (TPSA) is 40.5 Å². The minimum absolute atomic E-state index is 0.0817. The average molecular weight is 244 g/mol. The Morgan fingerprint density at radius 2 is 1.72 bits per heavy atom. The fourth-order valence-electron chi connectivity index (χ4n) is 1.97. The lowest BCUT2D eigenvalue weighted by molar-refractivity contribution is 0.423. The minimum atomic E-state index is -1.81. The van der Waals surface area contributed by atoms with Gasteiger partial charge < -0.3 is 10.0 Å². The van der Waals surface area contributed by atoms with Crippen LogP contribution in [0.2, 0.25) is 0 Å². The van der Waals surface area contributed by atoms with Crippen molar-refractivity contribution in [3.63, 3.8) is 0 Å². The third-order valence-electron chi connectivity index (χ3n) is 2.98. The zero-order valence-corrected chi connectivity index (χ0v) is 10.1. The molecule has 2 aromatic carbocycles.